The van der Waals surface area contributed by atoms with Crippen LogP contribution in [0.5, 0.6) is 0 Å². The van der Waals surface area contributed by atoms with Gasteiger partial charge in [-0.15, -0.1) is 0 Å². The molecule has 0 saturated carbocycles. The van der Waals surface area contributed by atoms with Crippen molar-refractivity contribution in [1.82, 2.24) is 0 Å². The average Bonchev–Trinajstić information content (AvgIpc) is 2.12. The number of carbonyl (C=O) groups is 1. The van der Waals surface area contributed by atoms with Crippen molar-refractivity contribution in [2.75, 3.05) is 26.7 Å². The Hall–Kier alpha value is -0.570. The van der Waals surface area contributed by atoms with Crippen LogP contribution in [0.4, 0.5) is 0 Å². The van der Waals surface area contributed by atoms with Crippen LogP contribution in [0.1, 0.15) is 26.7 Å². The van der Waals surface area contributed by atoms with Crippen LogP contribution in [0, 0.1) is 11.8 Å². The topological polar surface area (TPSA) is 30.7 Å². The average molecular weight is 200 g/mol. The predicted octanol–water partition coefficient (Wildman–Crippen LogP) is 0.110. The van der Waals surface area contributed by atoms with Crippen LogP contribution in [-0.2, 0) is 9.53 Å². The van der Waals surface area contributed by atoms with Crippen LogP contribution in [0.25, 0.3) is 0 Å². The molecule has 0 spiro atoms. The summed E-state index contributed by atoms with van der Waals surface area (Å²) in [7, 11) is 1.46. The molecule has 0 unspecified atom stereocenters. The lowest BCUT2D eigenvalue weighted by molar-refractivity contribution is -0.911. The lowest BCUT2D eigenvalue weighted by Crippen LogP contribution is -3.14. The number of esters is 1. The summed E-state index contributed by atoms with van der Waals surface area (Å²) in [4.78, 5) is 12.5. The summed E-state index contributed by atoms with van der Waals surface area (Å²) >= 11 is 0. The van der Waals surface area contributed by atoms with Crippen LogP contribution < -0.4 is 4.90 Å². The van der Waals surface area contributed by atoms with Crippen molar-refractivity contribution < 1.29 is 14.4 Å². The third-order valence-corrected chi connectivity index (χ3v) is 2.99. The lowest BCUT2D eigenvalue weighted by Gasteiger charge is -2.31. The maximum absolute atomic E-state index is 11.0. The minimum atomic E-state index is -0.0802. The van der Waals surface area contributed by atoms with Crippen molar-refractivity contribution >= 4 is 5.97 Å². The van der Waals surface area contributed by atoms with E-state index in [9.17, 15) is 4.79 Å². The van der Waals surface area contributed by atoms with Crippen molar-refractivity contribution in [1.29, 1.82) is 0 Å². The monoisotopic (exact) mass is 200 g/mol. The van der Waals surface area contributed by atoms with E-state index in [0.29, 0.717) is 6.42 Å². The molecular formula is C11H22NO2+. The Morgan fingerprint density at radius 3 is 2.43 bits per heavy atom. The Balaban J connectivity index is 2.26. The summed E-state index contributed by atoms with van der Waals surface area (Å²) < 4.78 is 4.64. The van der Waals surface area contributed by atoms with E-state index in [4.69, 9.17) is 0 Å². The highest BCUT2D eigenvalue weighted by molar-refractivity contribution is 5.69. The fraction of sp³-hybridized carbons (Fsp3) is 0.909. The Labute approximate surface area is 86.4 Å². The van der Waals surface area contributed by atoms with E-state index < -0.39 is 0 Å². The van der Waals surface area contributed by atoms with Crippen LogP contribution in [0.15, 0.2) is 0 Å². The Kier molecular flexibility index (Phi) is 4.39. The number of piperidine rings is 1. The van der Waals surface area contributed by atoms with E-state index in [1.165, 1.54) is 26.6 Å². The van der Waals surface area contributed by atoms with Gasteiger partial charge in [0.05, 0.1) is 33.2 Å². The Morgan fingerprint density at radius 2 is 1.93 bits per heavy atom. The molecule has 0 radical (unpaired) electrons. The molecule has 1 aliphatic heterocycles. The molecule has 1 heterocycles. The lowest BCUT2D eigenvalue weighted by atomic mass is 9.92. The maximum Gasteiger partial charge on any atom is 0.311 e. The van der Waals surface area contributed by atoms with E-state index in [1.54, 1.807) is 4.90 Å². The molecule has 0 amide bonds. The number of methoxy groups -OCH3 is 1. The molecule has 82 valence electrons. The summed E-state index contributed by atoms with van der Waals surface area (Å²) in [6.45, 7) is 7.95. The van der Waals surface area contributed by atoms with Gasteiger partial charge in [0.2, 0.25) is 0 Å². The normalized spacial score (nSPS) is 32.6. The van der Waals surface area contributed by atoms with Crippen LogP contribution in [0.3, 0.4) is 0 Å². The van der Waals surface area contributed by atoms with Gasteiger partial charge in [-0.1, -0.05) is 13.8 Å². The first-order valence-electron chi connectivity index (χ1n) is 5.52. The van der Waals surface area contributed by atoms with Gasteiger partial charge in [0.15, 0.2) is 0 Å². The van der Waals surface area contributed by atoms with E-state index in [-0.39, 0.29) is 5.97 Å². The van der Waals surface area contributed by atoms with Gasteiger partial charge in [0.25, 0.3) is 0 Å². The summed E-state index contributed by atoms with van der Waals surface area (Å²) in [5.41, 5.74) is 0. The molecule has 2 atom stereocenters. The third kappa shape index (κ3) is 3.66. The maximum atomic E-state index is 11.0. The number of carbonyl (C=O) groups excluding carboxylic acids is 1. The fourth-order valence-electron chi connectivity index (χ4n) is 2.51. The molecule has 1 aliphatic rings. The SMILES string of the molecule is COC(=O)CC[NH+]1C[C@H](C)C[C@@H](C)C1. The van der Waals surface area contributed by atoms with Crippen molar-refractivity contribution in [3.05, 3.63) is 0 Å². The van der Waals surface area contributed by atoms with Crippen molar-refractivity contribution in [3.8, 4) is 0 Å². The van der Waals surface area contributed by atoms with E-state index in [1.807, 2.05) is 0 Å². The molecule has 14 heavy (non-hydrogen) atoms. The quantitative estimate of drug-likeness (QED) is 0.656. The second kappa shape index (κ2) is 5.35. The second-order valence-corrected chi connectivity index (χ2v) is 4.68. The molecule has 0 aliphatic carbocycles. The standard InChI is InChI=1S/C11H21NO2/c1-9-6-10(2)8-12(7-9)5-4-11(13)14-3/h9-10H,4-8H2,1-3H3/p+1/t9-,10-/m1/s1. The van der Waals surface area contributed by atoms with Gasteiger partial charge in [0.1, 0.15) is 0 Å². The molecule has 0 aromatic rings. The van der Waals surface area contributed by atoms with Crippen molar-refractivity contribution in [2.24, 2.45) is 11.8 Å². The highest BCUT2D eigenvalue weighted by Crippen LogP contribution is 2.11. The van der Waals surface area contributed by atoms with Gasteiger partial charge in [-0.25, -0.2) is 0 Å². The summed E-state index contributed by atoms with van der Waals surface area (Å²) in [5.74, 6) is 1.51. The van der Waals surface area contributed by atoms with Crippen LogP contribution in [-0.4, -0.2) is 32.7 Å². The number of rotatable bonds is 3. The van der Waals surface area contributed by atoms with Gasteiger partial charge < -0.3 is 9.64 Å². The smallest absolute Gasteiger partial charge is 0.311 e. The fourth-order valence-corrected chi connectivity index (χ4v) is 2.51. The van der Waals surface area contributed by atoms with E-state index >= 15 is 0 Å². The minimum Gasteiger partial charge on any atom is -0.469 e. The minimum absolute atomic E-state index is 0.0802. The molecule has 3 heteroatoms. The summed E-state index contributed by atoms with van der Waals surface area (Å²) in [6, 6.07) is 0. The Morgan fingerprint density at radius 1 is 1.36 bits per heavy atom. The molecule has 0 aromatic heterocycles. The van der Waals surface area contributed by atoms with Gasteiger partial charge in [-0.3, -0.25) is 4.79 Å². The highest BCUT2D eigenvalue weighted by Gasteiger charge is 2.25. The molecule has 3 nitrogen and oxygen atoms in total. The molecule has 0 bridgehead atoms. The van der Waals surface area contributed by atoms with Gasteiger partial charge in [-0.2, -0.15) is 0 Å². The first kappa shape index (κ1) is 11.5. The zero-order valence-electron chi connectivity index (χ0n) is 9.51. The van der Waals surface area contributed by atoms with Gasteiger partial charge in [0, 0.05) is 11.8 Å². The molecule has 1 N–H and O–H groups in total. The third-order valence-electron chi connectivity index (χ3n) is 2.99. The Bertz CT molecular complexity index is 184. The summed E-state index contributed by atoms with van der Waals surface area (Å²) in [5, 5.41) is 0. The largest absolute Gasteiger partial charge is 0.469 e. The first-order chi connectivity index (χ1) is 6.61. The van der Waals surface area contributed by atoms with Gasteiger partial charge in [-0.05, 0) is 6.42 Å². The van der Waals surface area contributed by atoms with E-state index in [0.717, 1.165) is 18.4 Å². The molecular weight excluding hydrogens is 178 g/mol. The first-order valence-corrected chi connectivity index (χ1v) is 5.52. The molecule has 1 rings (SSSR count). The predicted molar refractivity (Wildman–Crippen MR) is 55.1 cm³/mol. The van der Waals surface area contributed by atoms with E-state index in [2.05, 4.69) is 18.6 Å². The van der Waals surface area contributed by atoms with Crippen LogP contribution in [0.2, 0.25) is 0 Å². The van der Waals surface area contributed by atoms with Crippen molar-refractivity contribution in [2.45, 2.75) is 26.7 Å². The number of hydrogen-bond acceptors (Lipinski definition) is 2. The zero-order chi connectivity index (χ0) is 10.6. The second-order valence-electron chi connectivity index (χ2n) is 4.68. The number of nitrogens with one attached hydrogen (secondary N) is 1. The zero-order valence-corrected chi connectivity index (χ0v) is 9.51. The number of hydrogen-bond donors (Lipinski definition) is 1. The van der Waals surface area contributed by atoms with Gasteiger partial charge >= 0.3 is 5.97 Å². The number of quaternary nitrogens is 1. The molecule has 1 fully saturated rings. The number of likely N-dealkylation sites (tertiary alicyclic amines) is 1. The van der Waals surface area contributed by atoms with Crippen molar-refractivity contribution in [3.63, 3.8) is 0 Å². The van der Waals surface area contributed by atoms with Crippen LogP contribution >= 0.6 is 0 Å². The highest BCUT2D eigenvalue weighted by atomic mass is 16.5. The molecule has 1 saturated heterocycles. The number of ether oxygens (including phenoxy) is 1. The summed E-state index contributed by atoms with van der Waals surface area (Å²) in [6.07, 6.45) is 1.90. The molecule has 0 aromatic carbocycles.